The molecule has 36 heavy (non-hydrogen) atoms. The molecule has 1 unspecified atom stereocenters. The lowest BCUT2D eigenvalue weighted by molar-refractivity contribution is 0.619. The molecule has 0 aliphatic rings. The van der Waals surface area contributed by atoms with Crippen LogP contribution in [0.2, 0.25) is 0 Å². The fourth-order valence-electron chi connectivity index (χ4n) is 4.68. The average molecular weight is 510 g/mol. The highest BCUT2D eigenvalue weighted by Gasteiger charge is 2.29. The summed E-state index contributed by atoms with van der Waals surface area (Å²) < 4.78 is 16.8. The maximum absolute atomic E-state index is 13.6. The van der Waals surface area contributed by atoms with Gasteiger partial charge < -0.3 is 0 Å². The first kappa shape index (κ1) is 24.8. The predicted octanol–water partition coefficient (Wildman–Crippen LogP) is 7.22. The van der Waals surface area contributed by atoms with Gasteiger partial charge in [-0.25, -0.2) is 8.93 Å². The number of fused-ring (bicyclic) bond motifs is 2. The van der Waals surface area contributed by atoms with Gasteiger partial charge in [-0.1, -0.05) is 109 Å². The molecule has 0 aliphatic heterocycles. The first-order valence-corrected chi connectivity index (χ1v) is 15.1. The molecule has 182 valence electrons. The molecular formula is C32H32NOPS. The van der Waals surface area contributed by atoms with Crippen LogP contribution in [0, 0.1) is 0 Å². The number of rotatable bonds is 7. The molecule has 5 aromatic rings. The Labute approximate surface area is 218 Å². The Balaban J connectivity index is 1.72. The molecule has 2 nitrogen and oxygen atoms in total. The molecule has 0 heterocycles. The molecule has 0 fully saturated rings. The van der Waals surface area contributed by atoms with E-state index in [1.807, 2.05) is 20.8 Å². The third-order valence-electron chi connectivity index (χ3n) is 6.47. The molecule has 5 aromatic carbocycles. The van der Waals surface area contributed by atoms with Crippen molar-refractivity contribution in [2.24, 2.45) is 0 Å². The topological polar surface area (TPSA) is 29.1 Å². The van der Waals surface area contributed by atoms with E-state index in [-0.39, 0.29) is 10.8 Å². The summed E-state index contributed by atoms with van der Waals surface area (Å²) in [6.07, 6.45) is 0.850. The smallest absolute Gasteiger partial charge is 0.0976 e. The van der Waals surface area contributed by atoms with Crippen LogP contribution >= 0.6 is 7.92 Å². The molecule has 0 aliphatic carbocycles. The van der Waals surface area contributed by atoms with E-state index in [1.54, 1.807) is 0 Å². The van der Waals surface area contributed by atoms with Crippen LogP contribution in [-0.4, -0.2) is 15.1 Å². The van der Waals surface area contributed by atoms with Gasteiger partial charge in [0.15, 0.2) is 0 Å². The summed E-state index contributed by atoms with van der Waals surface area (Å²) in [5, 5.41) is 7.52. The van der Waals surface area contributed by atoms with E-state index < -0.39 is 18.9 Å². The minimum atomic E-state index is -1.22. The Morgan fingerprint density at radius 1 is 0.694 bits per heavy atom. The van der Waals surface area contributed by atoms with Crippen molar-refractivity contribution >= 4 is 51.1 Å². The van der Waals surface area contributed by atoms with Crippen molar-refractivity contribution in [3.63, 3.8) is 0 Å². The standard InChI is InChI=1S/C32H32NOPS/c1-32(2,3)36(34)33-30(23-35(26-16-6-4-7-17-26)27-18-8-5-9-19-27)31-28-20-12-10-14-24(28)22-25-15-11-13-21-29(25)31/h4-22,30,33H,23H2,1-3H3/t30-,36?/m1/s1. The second-order valence-corrected chi connectivity index (χ2v) is 14.3. The van der Waals surface area contributed by atoms with Gasteiger partial charge in [0, 0.05) is 0 Å². The number of hydrogen-bond donors (Lipinski definition) is 1. The summed E-state index contributed by atoms with van der Waals surface area (Å²) in [6.45, 7) is 6.10. The van der Waals surface area contributed by atoms with Crippen LogP contribution < -0.4 is 15.3 Å². The Morgan fingerprint density at radius 3 is 1.61 bits per heavy atom. The van der Waals surface area contributed by atoms with Gasteiger partial charge in [0.25, 0.3) is 0 Å². The maximum atomic E-state index is 13.6. The zero-order valence-corrected chi connectivity index (χ0v) is 22.7. The van der Waals surface area contributed by atoms with Gasteiger partial charge >= 0.3 is 0 Å². The minimum absolute atomic E-state index is 0.0902. The van der Waals surface area contributed by atoms with E-state index >= 15 is 0 Å². The van der Waals surface area contributed by atoms with Crippen molar-refractivity contribution in [1.29, 1.82) is 0 Å². The lowest BCUT2D eigenvalue weighted by atomic mass is 9.93. The maximum Gasteiger partial charge on any atom is 0.0976 e. The third-order valence-corrected chi connectivity index (χ3v) is 10.7. The Kier molecular flexibility index (Phi) is 7.34. The number of nitrogens with one attached hydrogen (secondary N) is 1. The van der Waals surface area contributed by atoms with Crippen molar-refractivity contribution in [3.8, 4) is 0 Å². The van der Waals surface area contributed by atoms with Crippen LogP contribution in [-0.2, 0) is 11.0 Å². The monoisotopic (exact) mass is 509 g/mol. The van der Waals surface area contributed by atoms with E-state index in [2.05, 4.69) is 120 Å². The molecule has 2 atom stereocenters. The average Bonchev–Trinajstić information content (AvgIpc) is 2.90. The molecule has 1 N–H and O–H groups in total. The first-order chi connectivity index (χ1) is 17.4. The predicted molar refractivity (Wildman–Crippen MR) is 159 cm³/mol. The summed E-state index contributed by atoms with van der Waals surface area (Å²) in [4.78, 5) is 0. The molecule has 0 saturated carbocycles. The van der Waals surface area contributed by atoms with Crippen molar-refractivity contribution in [2.75, 3.05) is 6.16 Å². The van der Waals surface area contributed by atoms with Gasteiger partial charge in [-0.15, -0.1) is 0 Å². The van der Waals surface area contributed by atoms with Crippen LogP contribution in [0.15, 0.2) is 115 Å². The van der Waals surface area contributed by atoms with Crippen LogP contribution in [0.5, 0.6) is 0 Å². The van der Waals surface area contributed by atoms with Crippen molar-refractivity contribution < 1.29 is 4.21 Å². The quantitative estimate of drug-likeness (QED) is 0.182. The summed E-state index contributed by atoms with van der Waals surface area (Å²) in [6, 6.07) is 40.9. The first-order valence-electron chi connectivity index (χ1n) is 12.4. The molecule has 0 bridgehead atoms. The highest BCUT2D eigenvalue weighted by molar-refractivity contribution is 7.84. The van der Waals surface area contributed by atoms with Crippen molar-refractivity contribution in [1.82, 2.24) is 4.72 Å². The lowest BCUT2D eigenvalue weighted by Gasteiger charge is -2.30. The van der Waals surface area contributed by atoms with Crippen LogP contribution in [0.1, 0.15) is 32.4 Å². The number of hydrogen-bond acceptors (Lipinski definition) is 1. The van der Waals surface area contributed by atoms with Gasteiger partial charge in [0.05, 0.1) is 21.8 Å². The summed E-state index contributed by atoms with van der Waals surface area (Å²) in [5.41, 5.74) is 1.24. The summed E-state index contributed by atoms with van der Waals surface area (Å²) in [7, 11) is -1.91. The molecular weight excluding hydrogens is 477 g/mol. The molecule has 0 radical (unpaired) electrons. The fraction of sp³-hybridized carbons (Fsp3) is 0.188. The van der Waals surface area contributed by atoms with E-state index in [1.165, 1.54) is 37.7 Å². The minimum Gasteiger partial charge on any atom is -0.242 e. The molecule has 0 saturated heterocycles. The zero-order chi connectivity index (χ0) is 25.1. The number of benzene rings is 5. The van der Waals surface area contributed by atoms with Crippen LogP contribution in [0.25, 0.3) is 21.5 Å². The van der Waals surface area contributed by atoms with E-state index in [4.69, 9.17) is 0 Å². The fourth-order valence-corrected chi connectivity index (χ4v) is 8.04. The summed E-state index contributed by atoms with van der Waals surface area (Å²) in [5.74, 6) is 0. The van der Waals surface area contributed by atoms with Crippen LogP contribution in [0.3, 0.4) is 0 Å². The van der Waals surface area contributed by atoms with Crippen molar-refractivity contribution in [3.05, 3.63) is 121 Å². The van der Waals surface area contributed by atoms with E-state index in [9.17, 15) is 4.21 Å². The molecule has 0 spiro atoms. The Bertz CT molecular complexity index is 1400. The van der Waals surface area contributed by atoms with E-state index in [0.29, 0.717) is 0 Å². The third kappa shape index (κ3) is 5.30. The molecule has 0 aromatic heterocycles. The normalized spacial score (nSPS) is 13.8. The van der Waals surface area contributed by atoms with Crippen molar-refractivity contribution in [2.45, 2.75) is 31.6 Å². The zero-order valence-electron chi connectivity index (χ0n) is 21.0. The summed E-state index contributed by atoms with van der Waals surface area (Å²) >= 11 is 0. The van der Waals surface area contributed by atoms with Gasteiger partial charge in [-0.3, -0.25) is 0 Å². The molecule has 4 heteroatoms. The highest BCUT2D eigenvalue weighted by atomic mass is 32.2. The van der Waals surface area contributed by atoms with E-state index in [0.717, 1.165) is 6.16 Å². The second-order valence-electron chi connectivity index (χ2n) is 10.1. The molecule has 5 rings (SSSR count). The van der Waals surface area contributed by atoms with Gasteiger partial charge in [-0.05, 0) is 78.6 Å². The Morgan fingerprint density at radius 2 is 1.14 bits per heavy atom. The SMILES string of the molecule is CC(C)(C)S(=O)N[C@H](CP(c1ccccc1)c1ccccc1)c1c2ccccc2cc2ccccc12. The van der Waals surface area contributed by atoms with Gasteiger partial charge in [0.1, 0.15) is 0 Å². The molecule has 0 amide bonds. The highest BCUT2D eigenvalue weighted by Crippen LogP contribution is 2.42. The second kappa shape index (κ2) is 10.6. The largest absolute Gasteiger partial charge is 0.242 e. The lowest BCUT2D eigenvalue weighted by Crippen LogP contribution is -2.37. The Hall–Kier alpha value is -2.84. The van der Waals surface area contributed by atoms with Gasteiger partial charge in [-0.2, -0.15) is 0 Å². The van der Waals surface area contributed by atoms with Crippen LogP contribution in [0.4, 0.5) is 0 Å². The van der Waals surface area contributed by atoms with Gasteiger partial charge in [0.2, 0.25) is 0 Å².